The van der Waals surface area contributed by atoms with Crippen LogP contribution in [0.3, 0.4) is 0 Å². The molecule has 0 fully saturated rings. The van der Waals surface area contributed by atoms with Gasteiger partial charge in [0.05, 0.1) is 12.2 Å². The lowest BCUT2D eigenvalue weighted by Crippen LogP contribution is -2.05. The van der Waals surface area contributed by atoms with Crippen LogP contribution < -0.4 is 5.32 Å². The number of nitrogens with one attached hydrogen (secondary N) is 1. The number of hydrogen-bond acceptors (Lipinski definition) is 4. The first-order valence-corrected chi connectivity index (χ1v) is 8.89. The summed E-state index contributed by atoms with van der Waals surface area (Å²) in [4.78, 5) is 4.45. The van der Waals surface area contributed by atoms with Crippen LogP contribution in [0.25, 0.3) is 21.5 Å². The molecule has 4 aromatic rings. The molecule has 0 aliphatic heterocycles. The number of fused-ring (bicyclic) bond motifs is 2. The van der Waals surface area contributed by atoms with Crippen molar-refractivity contribution in [3.8, 4) is 11.5 Å². The van der Waals surface area contributed by atoms with E-state index in [-0.39, 0.29) is 11.5 Å². The summed E-state index contributed by atoms with van der Waals surface area (Å²) < 4.78 is 0. The number of benzene rings is 4. The first-order chi connectivity index (χ1) is 13.2. The minimum absolute atomic E-state index is 0.220. The van der Waals surface area contributed by atoms with Crippen LogP contribution in [-0.2, 0) is 0 Å². The fraction of sp³-hybridized carbons (Fsp3) is 0.0870. The van der Waals surface area contributed by atoms with Gasteiger partial charge in [-0.1, -0.05) is 60.7 Å². The highest BCUT2D eigenvalue weighted by atomic mass is 16.3. The Balaban J connectivity index is 1.49. The largest absolute Gasteiger partial charge is 0.507 e. The number of phenols is 2. The van der Waals surface area contributed by atoms with Gasteiger partial charge in [-0.05, 0) is 28.3 Å². The molecule has 0 amide bonds. The fourth-order valence-electron chi connectivity index (χ4n) is 3.27. The van der Waals surface area contributed by atoms with E-state index in [9.17, 15) is 10.2 Å². The predicted octanol–water partition coefficient (Wildman–Crippen LogP) is 4.94. The second-order valence-electron chi connectivity index (χ2n) is 6.36. The quantitative estimate of drug-likeness (QED) is 0.270. The highest BCUT2D eigenvalue weighted by Gasteiger charge is 2.06. The van der Waals surface area contributed by atoms with Crippen molar-refractivity contribution in [1.29, 1.82) is 0 Å². The molecule has 134 valence electrons. The molecule has 0 saturated carbocycles. The third kappa shape index (κ3) is 3.42. The maximum atomic E-state index is 10.2. The van der Waals surface area contributed by atoms with E-state index in [4.69, 9.17) is 0 Å². The second kappa shape index (κ2) is 7.38. The molecule has 0 bridgehead atoms. The average Bonchev–Trinajstić information content (AvgIpc) is 2.70. The molecule has 0 unspecified atom stereocenters. The Labute approximate surface area is 157 Å². The van der Waals surface area contributed by atoms with Crippen molar-refractivity contribution in [3.63, 3.8) is 0 Å². The predicted molar refractivity (Wildman–Crippen MR) is 112 cm³/mol. The van der Waals surface area contributed by atoms with Crippen LogP contribution in [0.15, 0.2) is 77.8 Å². The van der Waals surface area contributed by atoms with Gasteiger partial charge in [0.1, 0.15) is 11.5 Å². The number of aromatic hydroxyl groups is 2. The zero-order valence-corrected chi connectivity index (χ0v) is 14.8. The van der Waals surface area contributed by atoms with Gasteiger partial charge in [0.15, 0.2) is 0 Å². The Morgan fingerprint density at radius 3 is 2.15 bits per heavy atom. The molecule has 27 heavy (non-hydrogen) atoms. The van der Waals surface area contributed by atoms with Crippen molar-refractivity contribution in [1.82, 2.24) is 0 Å². The minimum Gasteiger partial charge on any atom is -0.507 e. The average molecular weight is 356 g/mol. The van der Waals surface area contributed by atoms with Gasteiger partial charge in [0.2, 0.25) is 0 Å². The molecule has 0 heterocycles. The van der Waals surface area contributed by atoms with E-state index in [0.717, 1.165) is 32.8 Å². The summed E-state index contributed by atoms with van der Waals surface area (Å²) in [5, 5.41) is 27.7. The first kappa shape index (κ1) is 16.9. The lowest BCUT2D eigenvalue weighted by atomic mass is 10.0. The molecule has 4 nitrogen and oxygen atoms in total. The lowest BCUT2D eigenvalue weighted by molar-refractivity contribution is 0.475. The molecule has 0 aliphatic rings. The number of hydrogen-bond donors (Lipinski definition) is 3. The van der Waals surface area contributed by atoms with Crippen molar-refractivity contribution in [2.45, 2.75) is 0 Å². The van der Waals surface area contributed by atoms with E-state index >= 15 is 0 Å². The molecule has 4 rings (SSSR count). The zero-order chi connectivity index (χ0) is 18.6. The molecule has 0 saturated heterocycles. The maximum Gasteiger partial charge on any atom is 0.139 e. The zero-order valence-electron chi connectivity index (χ0n) is 14.8. The molecule has 4 aromatic carbocycles. The van der Waals surface area contributed by atoms with Crippen molar-refractivity contribution in [2.75, 3.05) is 18.4 Å². The fourth-order valence-corrected chi connectivity index (χ4v) is 3.27. The summed E-state index contributed by atoms with van der Waals surface area (Å²) >= 11 is 0. The third-order valence-corrected chi connectivity index (χ3v) is 4.62. The standard InChI is InChI=1S/C23H20N2O2/c26-21-11-9-16-5-1-3-7-18(16)20(21)15-24-13-14-25-23-19-8-4-2-6-17(19)10-12-22(23)27/h1-12,15,25-27H,13-14H2. The monoisotopic (exact) mass is 356 g/mol. The van der Waals surface area contributed by atoms with Crippen LogP contribution in [0.5, 0.6) is 11.5 Å². The van der Waals surface area contributed by atoms with Gasteiger partial charge >= 0.3 is 0 Å². The summed E-state index contributed by atoms with van der Waals surface area (Å²) in [7, 11) is 0. The molecule has 0 spiro atoms. The van der Waals surface area contributed by atoms with Crippen LogP contribution in [0.4, 0.5) is 5.69 Å². The van der Waals surface area contributed by atoms with E-state index in [1.54, 1.807) is 18.3 Å². The molecular formula is C23H20N2O2. The lowest BCUT2D eigenvalue weighted by Gasteiger charge is -2.11. The summed E-state index contributed by atoms with van der Waals surface area (Å²) in [5.74, 6) is 0.446. The van der Waals surface area contributed by atoms with E-state index < -0.39 is 0 Å². The van der Waals surface area contributed by atoms with Gasteiger partial charge < -0.3 is 15.5 Å². The SMILES string of the molecule is Oc1ccc2ccccc2c1C=NCCNc1c(O)ccc2ccccc12. The van der Waals surface area contributed by atoms with Gasteiger partial charge in [0, 0.05) is 23.7 Å². The van der Waals surface area contributed by atoms with Gasteiger partial charge in [-0.3, -0.25) is 4.99 Å². The van der Waals surface area contributed by atoms with Crippen LogP contribution >= 0.6 is 0 Å². The maximum absolute atomic E-state index is 10.2. The summed E-state index contributed by atoms with van der Waals surface area (Å²) in [5.41, 5.74) is 1.44. The van der Waals surface area contributed by atoms with Crippen molar-refractivity contribution >= 4 is 33.4 Å². The molecule has 4 heteroatoms. The summed E-state index contributed by atoms with van der Waals surface area (Å²) in [6, 6.07) is 23.0. The van der Waals surface area contributed by atoms with Gasteiger partial charge in [-0.15, -0.1) is 0 Å². The summed E-state index contributed by atoms with van der Waals surface area (Å²) in [6.07, 6.45) is 1.71. The van der Waals surface area contributed by atoms with E-state index in [1.807, 2.05) is 60.7 Å². The molecule has 0 atom stereocenters. The highest BCUT2D eigenvalue weighted by Crippen LogP contribution is 2.32. The van der Waals surface area contributed by atoms with Crippen molar-refractivity contribution in [3.05, 3.63) is 78.4 Å². The Hall–Kier alpha value is -3.53. The topological polar surface area (TPSA) is 64.9 Å². The number of aliphatic imine (C=N–C) groups is 1. The smallest absolute Gasteiger partial charge is 0.139 e. The Bertz CT molecular complexity index is 1140. The molecule has 0 aromatic heterocycles. The van der Waals surface area contributed by atoms with E-state index in [2.05, 4.69) is 10.3 Å². The normalized spacial score (nSPS) is 11.4. The highest BCUT2D eigenvalue weighted by molar-refractivity contribution is 6.02. The second-order valence-corrected chi connectivity index (χ2v) is 6.36. The van der Waals surface area contributed by atoms with Crippen LogP contribution in [-0.4, -0.2) is 29.5 Å². The first-order valence-electron chi connectivity index (χ1n) is 8.89. The molecule has 0 aliphatic carbocycles. The Morgan fingerprint density at radius 1 is 0.741 bits per heavy atom. The molecule has 0 radical (unpaired) electrons. The summed E-state index contributed by atoms with van der Waals surface area (Å²) in [6.45, 7) is 1.09. The number of nitrogens with zero attached hydrogens (tertiary/aromatic N) is 1. The van der Waals surface area contributed by atoms with Crippen LogP contribution in [0.2, 0.25) is 0 Å². The van der Waals surface area contributed by atoms with Crippen molar-refractivity contribution in [2.24, 2.45) is 4.99 Å². The minimum atomic E-state index is 0.220. The number of anilines is 1. The van der Waals surface area contributed by atoms with E-state index in [0.29, 0.717) is 13.1 Å². The number of rotatable bonds is 5. The Morgan fingerprint density at radius 2 is 1.37 bits per heavy atom. The van der Waals surface area contributed by atoms with E-state index in [1.165, 1.54) is 0 Å². The van der Waals surface area contributed by atoms with Gasteiger partial charge in [-0.25, -0.2) is 0 Å². The molecular weight excluding hydrogens is 336 g/mol. The van der Waals surface area contributed by atoms with Crippen LogP contribution in [0, 0.1) is 0 Å². The third-order valence-electron chi connectivity index (χ3n) is 4.62. The van der Waals surface area contributed by atoms with Crippen molar-refractivity contribution < 1.29 is 10.2 Å². The number of phenolic OH excluding ortho intramolecular Hbond substituents is 2. The molecule has 3 N–H and O–H groups in total. The van der Waals surface area contributed by atoms with Gasteiger partial charge in [0.25, 0.3) is 0 Å². The van der Waals surface area contributed by atoms with Crippen LogP contribution in [0.1, 0.15) is 5.56 Å². The Kier molecular flexibility index (Phi) is 4.62. The van der Waals surface area contributed by atoms with Gasteiger partial charge in [-0.2, -0.15) is 0 Å².